The van der Waals surface area contributed by atoms with Crippen molar-refractivity contribution in [3.05, 3.63) is 95.7 Å². The molecule has 4 rings (SSSR count). The molecule has 0 spiro atoms. The quantitative estimate of drug-likeness (QED) is 0.136. The predicted octanol–water partition coefficient (Wildman–Crippen LogP) is 8.54. The van der Waals surface area contributed by atoms with Crippen LogP contribution in [0, 0.1) is 5.92 Å². The van der Waals surface area contributed by atoms with Gasteiger partial charge >= 0.3 is 5.97 Å². The molecular formula is C35H43F2N3O2. The highest BCUT2D eigenvalue weighted by Crippen LogP contribution is 2.39. The molecule has 1 saturated heterocycles. The van der Waals surface area contributed by atoms with Gasteiger partial charge in [-0.05, 0) is 86.8 Å². The van der Waals surface area contributed by atoms with Crippen LogP contribution < -0.4 is 5.32 Å². The summed E-state index contributed by atoms with van der Waals surface area (Å²) in [6.45, 7) is 11.3. The Balaban J connectivity index is 1.55. The fraction of sp³-hybridized carbons (Fsp3) is 0.429. The van der Waals surface area contributed by atoms with Crippen LogP contribution in [-0.4, -0.2) is 34.9 Å². The molecular weight excluding hydrogens is 532 g/mol. The average Bonchev–Trinajstić information content (AvgIpc) is 3.15. The molecule has 2 N–H and O–H groups in total. The van der Waals surface area contributed by atoms with Crippen LogP contribution in [0.25, 0.3) is 5.57 Å². The highest BCUT2D eigenvalue weighted by molar-refractivity contribution is 5.85. The minimum atomic E-state index is -3.02. The minimum absolute atomic E-state index is 0.0125. The second-order valence-corrected chi connectivity index (χ2v) is 11.6. The number of hydrogen-bond donors (Lipinski definition) is 2. The van der Waals surface area contributed by atoms with E-state index in [-0.39, 0.29) is 11.5 Å². The summed E-state index contributed by atoms with van der Waals surface area (Å²) in [5, 5.41) is 12.9. The summed E-state index contributed by atoms with van der Waals surface area (Å²) in [5.41, 5.74) is 4.37. The van der Waals surface area contributed by atoms with Crippen molar-refractivity contribution in [3.63, 3.8) is 0 Å². The Morgan fingerprint density at radius 2 is 1.93 bits per heavy atom. The van der Waals surface area contributed by atoms with E-state index in [9.17, 15) is 18.7 Å². The number of amidine groups is 1. The van der Waals surface area contributed by atoms with Crippen LogP contribution in [-0.2, 0) is 22.7 Å². The molecule has 2 aromatic carbocycles. The zero-order valence-corrected chi connectivity index (χ0v) is 25.0. The number of anilines is 1. The molecule has 2 aliphatic heterocycles. The van der Waals surface area contributed by atoms with Gasteiger partial charge in [-0.15, -0.1) is 0 Å². The number of aryl methyl sites for hydroxylation is 1. The third kappa shape index (κ3) is 7.18. The molecule has 2 heterocycles. The smallest absolute Gasteiger partial charge is 0.306 e. The zero-order chi connectivity index (χ0) is 30.3. The monoisotopic (exact) mass is 575 g/mol. The summed E-state index contributed by atoms with van der Waals surface area (Å²) in [6, 6.07) is 13.3. The molecule has 0 saturated carbocycles. The van der Waals surface area contributed by atoms with Crippen molar-refractivity contribution in [3.8, 4) is 0 Å². The van der Waals surface area contributed by atoms with E-state index in [0.717, 1.165) is 72.0 Å². The van der Waals surface area contributed by atoms with Gasteiger partial charge < -0.3 is 15.3 Å². The van der Waals surface area contributed by atoms with Crippen LogP contribution in [0.5, 0.6) is 0 Å². The maximum Gasteiger partial charge on any atom is 0.306 e. The molecule has 5 nitrogen and oxygen atoms in total. The second kappa shape index (κ2) is 13.5. The van der Waals surface area contributed by atoms with Crippen LogP contribution in [0.15, 0.2) is 78.5 Å². The molecule has 0 aromatic heterocycles. The Morgan fingerprint density at radius 1 is 1.21 bits per heavy atom. The van der Waals surface area contributed by atoms with E-state index in [1.54, 1.807) is 19.1 Å². The van der Waals surface area contributed by atoms with Crippen molar-refractivity contribution in [2.45, 2.75) is 77.2 Å². The summed E-state index contributed by atoms with van der Waals surface area (Å²) < 4.78 is 29.3. The van der Waals surface area contributed by atoms with Crippen LogP contribution in [0.4, 0.5) is 14.5 Å². The molecule has 0 amide bonds. The molecule has 2 aliphatic rings. The number of aliphatic carboxylic acids is 1. The van der Waals surface area contributed by atoms with Crippen molar-refractivity contribution in [1.29, 1.82) is 0 Å². The molecule has 1 fully saturated rings. The number of rotatable bonds is 9. The normalized spacial score (nSPS) is 20.6. The van der Waals surface area contributed by atoms with Gasteiger partial charge in [0.15, 0.2) is 0 Å². The number of carboxylic acids is 1. The number of nitrogens with one attached hydrogen (secondary N) is 1. The Kier molecular flexibility index (Phi) is 10.0. The van der Waals surface area contributed by atoms with Crippen LogP contribution in [0.1, 0.15) is 81.5 Å². The molecule has 0 aliphatic carbocycles. The van der Waals surface area contributed by atoms with Crippen molar-refractivity contribution < 1.29 is 18.7 Å². The lowest BCUT2D eigenvalue weighted by molar-refractivity contribution is -0.143. The lowest BCUT2D eigenvalue weighted by Crippen LogP contribution is -2.40. The van der Waals surface area contributed by atoms with E-state index in [1.807, 2.05) is 12.3 Å². The molecule has 0 radical (unpaired) electrons. The van der Waals surface area contributed by atoms with E-state index < -0.39 is 17.4 Å². The van der Waals surface area contributed by atoms with Gasteiger partial charge in [-0.1, -0.05) is 62.1 Å². The number of alkyl halides is 2. The van der Waals surface area contributed by atoms with Gasteiger partial charge in [-0.2, -0.15) is 8.78 Å². The minimum Gasteiger partial charge on any atom is -0.481 e. The molecule has 1 atom stereocenters. The van der Waals surface area contributed by atoms with Gasteiger partial charge in [-0.3, -0.25) is 4.79 Å². The number of hydrogen-bond acceptors (Lipinski definition) is 3. The predicted molar refractivity (Wildman–Crippen MR) is 168 cm³/mol. The number of likely N-dealkylation sites (tertiary alicyclic amines) is 1. The Labute approximate surface area is 248 Å². The third-order valence-corrected chi connectivity index (χ3v) is 8.51. The van der Waals surface area contributed by atoms with Crippen LogP contribution in [0.3, 0.4) is 0 Å². The summed E-state index contributed by atoms with van der Waals surface area (Å²) >= 11 is 0. The maximum absolute atomic E-state index is 14.6. The van der Waals surface area contributed by atoms with Crippen LogP contribution in [0.2, 0.25) is 0 Å². The first-order valence-electron chi connectivity index (χ1n) is 15.0. The SMILES string of the molecule is C=C/C(=C\N=C(CCC)N1CCC(C(=O)O)CC1)c1ccc(C2(C)CCCc3ccc(C(F)(F)C=CC)cc3N2)cc1. The highest BCUT2D eigenvalue weighted by Gasteiger charge is 2.33. The van der Waals surface area contributed by atoms with Crippen molar-refractivity contribution >= 4 is 23.1 Å². The van der Waals surface area contributed by atoms with Crippen LogP contribution >= 0.6 is 0 Å². The molecule has 7 heteroatoms. The van der Waals surface area contributed by atoms with Gasteiger partial charge in [0.2, 0.25) is 0 Å². The number of carbonyl (C=O) groups is 1. The number of piperidine rings is 1. The number of benzene rings is 2. The number of carboxylic acid groups (broad SMARTS) is 1. The topological polar surface area (TPSA) is 64.9 Å². The zero-order valence-electron chi connectivity index (χ0n) is 25.0. The molecule has 0 bridgehead atoms. The van der Waals surface area contributed by atoms with Gasteiger partial charge in [0.25, 0.3) is 5.92 Å². The Morgan fingerprint density at radius 3 is 2.55 bits per heavy atom. The van der Waals surface area contributed by atoms with Gasteiger partial charge in [0.05, 0.1) is 11.5 Å². The lowest BCUT2D eigenvalue weighted by atomic mass is 9.86. The fourth-order valence-electron chi connectivity index (χ4n) is 5.96. The largest absolute Gasteiger partial charge is 0.481 e. The Bertz CT molecular complexity index is 1350. The van der Waals surface area contributed by atoms with E-state index in [2.05, 4.69) is 54.9 Å². The first-order valence-corrected chi connectivity index (χ1v) is 15.0. The highest BCUT2D eigenvalue weighted by atomic mass is 19.3. The van der Waals surface area contributed by atoms with E-state index in [1.165, 1.54) is 12.1 Å². The number of nitrogens with zero attached hydrogens (tertiary/aromatic N) is 2. The van der Waals surface area contributed by atoms with Crippen molar-refractivity contribution in [2.24, 2.45) is 10.9 Å². The third-order valence-electron chi connectivity index (χ3n) is 8.51. The second-order valence-electron chi connectivity index (χ2n) is 11.6. The van der Waals surface area contributed by atoms with E-state index >= 15 is 0 Å². The summed E-state index contributed by atoms with van der Waals surface area (Å²) in [7, 11) is 0. The van der Waals surface area contributed by atoms with Gasteiger partial charge in [0, 0.05) is 37.0 Å². The van der Waals surface area contributed by atoms with E-state index in [4.69, 9.17) is 4.99 Å². The van der Waals surface area contributed by atoms with Crippen molar-refractivity contribution in [2.75, 3.05) is 18.4 Å². The number of fused-ring (bicyclic) bond motifs is 1. The summed E-state index contributed by atoms with van der Waals surface area (Å²) in [6.07, 6.45) is 11.7. The van der Waals surface area contributed by atoms with Crippen molar-refractivity contribution in [1.82, 2.24) is 4.90 Å². The molecule has 2 aromatic rings. The molecule has 42 heavy (non-hydrogen) atoms. The first-order chi connectivity index (χ1) is 20.1. The average molecular weight is 576 g/mol. The number of aliphatic imine (C=N–C) groups is 1. The van der Waals surface area contributed by atoms with Gasteiger partial charge in [0.1, 0.15) is 5.84 Å². The molecule has 1 unspecified atom stereocenters. The first kappa shape index (κ1) is 31.2. The number of allylic oxidation sites excluding steroid dienone is 4. The standard InChI is InChI=1S/C35H43F2N3O2/c1-5-9-32(40-21-17-28(18-22-40)33(41)42)38-24-25(7-3)26-11-14-29(15-12-26)34(4)20-8-10-27-13-16-30(23-31(27)39-34)35(36,37)19-6-2/h6-7,11-16,19,23-24,28,39H,3,5,8-10,17-18,20-22H2,1-2,4H3,(H,41,42)/b19-6?,25-24+,38-32?. The lowest BCUT2D eigenvalue weighted by Gasteiger charge is -2.32. The Hall–Kier alpha value is -3.74. The maximum atomic E-state index is 14.6. The number of halogens is 2. The summed E-state index contributed by atoms with van der Waals surface area (Å²) in [4.78, 5) is 18.4. The molecule has 224 valence electrons. The fourth-order valence-corrected chi connectivity index (χ4v) is 5.96. The van der Waals surface area contributed by atoms with Gasteiger partial charge in [-0.25, -0.2) is 4.99 Å². The van der Waals surface area contributed by atoms with E-state index in [0.29, 0.717) is 25.9 Å². The summed E-state index contributed by atoms with van der Waals surface area (Å²) in [5.74, 6) is -3.03.